The highest BCUT2D eigenvalue weighted by molar-refractivity contribution is 5.86. The molecule has 2 aliphatic rings. The van der Waals surface area contributed by atoms with Crippen molar-refractivity contribution in [3.63, 3.8) is 0 Å². The van der Waals surface area contributed by atoms with Gasteiger partial charge in [0, 0.05) is 19.0 Å². The van der Waals surface area contributed by atoms with Gasteiger partial charge in [0.15, 0.2) is 0 Å². The van der Waals surface area contributed by atoms with Gasteiger partial charge in [-0.1, -0.05) is 48.5 Å². The highest BCUT2D eigenvalue weighted by atomic mass is 16.5. The lowest BCUT2D eigenvalue weighted by Crippen LogP contribution is -2.48. The number of rotatable bonds is 9. The fourth-order valence-corrected chi connectivity index (χ4v) is 4.29. The smallest absolute Gasteiger partial charge is 0.407 e. The molecular weight excluding hydrogens is 408 g/mol. The minimum Gasteiger partial charge on any atom is -0.481 e. The van der Waals surface area contributed by atoms with E-state index in [1.165, 1.54) is 0 Å². The Morgan fingerprint density at radius 2 is 1.66 bits per heavy atom. The number of hydrogen-bond donors (Lipinski definition) is 2. The van der Waals surface area contributed by atoms with Gasteiger partial charge in [0.1, 0.15) is 12.6 Å². The normalized spacial score (nSPS) is 15.4. The summed E-state index contributed by atoms with van der Waals surface area (Å²) in [4.78, 5) is 37.7. The summed E-state index contributed by atoms with van der Waals surface area (Å²) in [6.07, 6.45) is 1.32. The van der Waals surface area contributed by atoms with Crippen LogP contribution >= 0.6 is 0 Å². The molecule has 2 aliphatic carbocycles. The Labute approximate surface area is 187 Å². The molecule has 32 heavy (non-hydrogen) atoms. The lowest BCUT2D eigenvalue weighted by molar-refractivity contribution is -0.139. The maximum Gasteiger partial charge on any atom is 0.407 e. The van der Waals surface area contributed by atoms with Crippen molar-refractivity contribution in [3.05, 3.63) is 59.7 Å². The number of hydrogen-bond acceptors (Lipinski definition) is 4. The Balaban J connectivity index is 1.35. The molecule has 0 aliphatic heterocycles. The zero-order chi connectivity index (χ0) is 22.7. The summed E-state index contributed by atoms with van der Waals surface area (Å²) in [5.41, 5.74) is 4.54. The molecule has 1 fully saturated rings. The molecule has 2 amide bonds. The van der Waals surface area contributed by atoms with E-state index in [0.717, 1.165) is 35.1 Å². The van der Waals surface area contributed by atoms with E-state index >= 15 is 0 Å². The second kappa shape index (κ2) is 9.42. The van der Waals surface area contributed by atoms with Crippen molar-refractivity contribution >= 4 is 18.0 Å². The zero-order valence-electron chi connectivity index (χ0n) is 18.1. The van der Waals surface area contributed by atoms with Crippen molar-refractivity contribution < 1.29 is 24.2 Å². The van der Waals surface area contributed by atoms with E-state index in [0.29, 0.717) is 12.5 Å². The van der Waals surface area contributed by atoms with Crippen molar-refractivity contribution in [2.24, 2.45) is 5.92 Å². The first-order chi connectivity index (χ1) is 15.4. The third kappa shape index (κ3) is 4.93. The average Bonchev–Trinajstić information content (AvgIpc) is 3.55. The van der Waals surface area contributed by atoms with E-state index in [4.69, 9.17) is 9.84 Å². The Hall–Kier alpha value is -3.35. The van der Waals surface area contributed by atoms with Gasteiger partial charge < -0.3 is 20.1 Å². The molecule has 1 atom stereocenters. The summed E-state index contributed by atoms with van der Waals surface area (Å²) < 4.78 is 5.52. The molecule has 0 heterocycles. The van der Waals surface area contributed by atoms with Crippen molar-refractivity contribution in [2.75, 3.05) is 19.7 Å². The van der Waals surface area contributed by atoms with E-state index in [-0.39, 0.29) is 31.4 Å². The molecule has 0 radical (unpaired) electrons. The summed E-state index contributed by atoms with van der Waals surface area (Å²) in [6, 6.07) is 15.4. The number of aliphatic carboxylic acids is 1. The van der Waals surface area contributed by atoms with Crippen molar-refractivity contribution in [1.82, 2.24) is 10.2 Å². The number of carbonyl (C=O) groups is 3. The first kappa shape index (κ1) is 21.9. The van der Waals surface area contributed by atoms with Crippen LogP contribution in [0.15, 0.2) is 48.5 Å². The number of fused-ring (bicyclic) bond motifs is 3. The zero-order valence-corrected chi connectivity index (χ0v) is 18.1. The molecule has 2 N–H and O–H groups in total. The molecule has 7 nitrogen and oxygen atoms in total. The van der Waals surface area contributed by atoms with Crippen LogP contribution in [0.2, 0.25) is 0 Å². The van der Waals surface area contributed by atoms with Gasteiger partial charge in [-0.05, 0) is 47.9 Å². The number of ether oxygens (including phenoxy) is 1. The molecule has 2 aromatic carbocycles. The van der Waals surface area contributed by atoms with E-state index < -0.39 is 18.1 Å². The molecule has 4 rings (SSSR count). The van der Waals surface area contributed by atoms with E-state index in [9.17, 15) is 14.4 Å². The lowest BCUT2D eigenvalue weighted by atomic mass is 9.98. The molecule has 168 valence electrons. The minimum atomic E-state index is -0.948. The van der Waals surface area contributed by atoms with Gasteiger partial charge in [0.05, 0.1) is 6.42 Å². The van der Waals surface area contributed by atoms with Gasteiger partial charge in [-0.3, -0.25) is 9.59 Å². The van der Waals surface area contributed by atoms with E-state index in [1.807, 2.05) is 36.4 Å². The summed E-state index contributed by atoms with van der Waals surface area (Å²) in [5, 5.41) is 11.6. The number of nitrogens with zero attached hydrogens (tertiary/aromatic N) is 1. The van der Waals surface area contributed by atoms with Crippen LogP contribution in [0.5, 0.6) is 0 Å². The van der Waals surface area contributed by atoms with Crippen LogP contribution in [-0.2, 0) is 14.3 Å². The van der Waals surface area contributed by atoms with Crippen molar-refractivity contribution in [1.29, 1.82) is 0 Å². The number of carboxylic acid groups (broad SMARTS) is 1. The lowest BCUT2D eigenvalue weighted by Gasteiger charge is -2.26. The standard InChI is InChI=1S/C25H28N2O5/c1-16(24(30)27(13-12-23(28)29)14-17-10-11-17)26-25(31)32-15-22-20-8-4-2-6-18(20)19-7-3-5-9-21(19)22/h2-9,16-17,22H,10-15H2,1H3,(H,26,31)(H,28,29). The second-order valence-corrected chi connectivity index (χ2v) is 8.56. The molecule has 0 aromatic heterocycles. The molecule has 1 saturated carbocycles. The largest absolute Gasteiger partial charge is 0.481 e. The number of nitrogens with one attached hydrogen (secondary N) is 1. The molecule has 1 unspecified atom stereocenters. The molecule has 0 saturated heterocycles. The number of carboxylic acids is 1. The monoisotopic (exact) mass is 436 g/mol. The van der Waals surface area contributed by atoms with Crippen molar-refractivity contribution in [3.8, 4) is 11.1 Å². The summed E-state index contributed by atoms with van der Waals surface area (Å²) in [6.45, 7) is 2.44. The summed E-state index contributed by atoms with van der Waals surface area (Å²) in [7, 11) is 0. The maximum atomic E-state index is 12.8. The van der Waals surface area contributed by atoms with Crippen LogP contribution in [0, 0.1) is 5.92 Å². The van der Waals surface area contributed by atoms with Gasteiger partial charge in [-0.15, -0.1) is 0 Å². The van der Waals surface area contributed by atoms with Gasteiger partial charge in [-0.2, -0.15) is 0 Å². The van der Waals surface area contributed by atoms with Gasteiger partial charge in [0.2, 0.25) is 5.91 Å². The van der Waals surface area contributed by atoms with E-state index in [1.54, 1.807) is 11.8 Å². The van der Waals surface area contributed by atoms with Crippen LogP contribution in [0.4, 0.5) is 4.79 Å². The minimum absolute atomic E-state index is 0.0545. The average molecular weight is 437 g/mol. The SMILES string of the molecule is CC(NC(=O)OCC1c2ccccc2-c2ccccc21)C(=O)N(CCC(=O)O)CC1CC1. The van der Waals surface area contributed by atoms with Crippen molar-refractivity contribution in [2.45, 2.75) is 38.1 Å². The first-order valence-electron chi connectivity index (χ1n) is 11.1. The van der Waals surface area contributed by atoms with Gasteiger partial charge in [0.25, 0.3) is 0 Å². The number of carbonyl (C=O) groups excluding carboxylic acids is 2. The quantitative estimate of drug-likeness (QED) is 0.626. The molecule has 2 aromatic rings. The van der Waals surface area contributed by atoms with Crippen LogP contribution in [0.3, 0.4) is 0 Å². The third-order valence-corrected chi connectivity index (χ3v) is 6.13. The summed E-state index contributed by atoms with van der Waals surface area (Å²) in [5.74, 6) is -0.863. The number of benzene rings is 2. The Morgan fingerprint density at radius 3 is 2.22 bits per heavy atom. The number of alkyl carbamates (subject to hydrolysis) is 1. The first-order valence-corrected chi connectivity index (χ1v) is 11.1. The topological polar surface area (TPSA) is 95.9 Å². The molecule has 7 heteroatoms. The summed E-state index contributed by atoms with van der Waals surface area (Å²) >= 11 is 0. The maximum absolute atomic E-state index is 12.8. The highest BCUT2D eigenvalue weighted by Crippen LogP contribution is 2.44. The fourth-order valence-electron chi connectivity index (χ4n) is 4.29. The Bertz CT molecular complexity index is 971. The highest BCUT2D eigenvalue weighted by Gasteiger charge is 2.31. The Morgan fingerprint density at radius 1 is 1.06 bits per heavy atom. The number of amides is 2. The fraction of sp³-hybridized carbons (Fsp3) is 0.400. The Kier molecular flexibility index (Phi) is 6.44. The van der Waals surface area contributed by atoms with Gasteiger partial charge >= 0.3 is 12.1 Å². The molecule has 0 spiro atoms. The van der Waals surface area contributed by atoms with Gasteiger partial charge in [-0.25, -0.2) is 4.79 Å². The van der Waals surface area contributed by atoms with Crippen LogP contribution in [-0.4, -0.2) is 53.7 Å². The molecule has 0 bridgehead atoms. The van der Waals surface area contributed by atoms with Crippen LogP contribution in [0.1, 0.15) is 43.2 Å². The van der Waals surface area contributed by atoms with Crippen LogP contribution < -0.4 is 5.32 Å². The molecular formula is C25H28N2O5. The predicted octanol–water partition coefficient (Wildman–Crippen LogP) is 3.63. The second-order valence-electron chi connectivity index (χ2n) is 8.56. The third-order valence-electron chi connectivity index (χ3n) is 6.13. The van der Waals surface area contributed by atoms with Crippen LogP contribution in [0.25, 0.3) is 11.1 Å². The van der Waals surface area contributed by atoms with E-state index in [2.05, 4.69) is 17.4 Å². The predicted molar refractivity (Wildman–Crippen MR) is 119 cm³/mol.